The monoisotopic (exact) mass is 339 g/mol. The molecular formula is C20H21NO4. The van der Waals surface area contributed by atoms with E-state index >= 15 is 0 Å². The quantitative estimate of drug-likeness (QED) is 0.909. The molecule has 5 heteroatoms. The molecule has 0 radical (unpaired) electrons. The fraction of sp³-hybridized carbons (Fsp3) is 0.300. The second-order valence-electron chi connectivity index (χ2n) is 6.58. The highest BCUT2D eigenvalue weighted by atomic mass is 16.5. The van der Waals surface area contributed by atoms with E-state index < -0.39 is 11.4 Å². The Labute approximate surface area is 146 Å². The predicted octanol–water partition coefficient (Wildman–Crippen LogP) is 3.06. The maximum Gasteiger partial charge on any atom is 0.311 e. The van der Waals surface area contributed by atoms with Crippen molar-refractivity contribution in [3.63, 3.8) is 0 Å². The first-order chi connectivity index (χ1) is 12.0. The molecule has 130 valence electrons. The van der Waals surface area contributed by atoms with Crippen molar-refractivity contribution in [3.8, 4) is 16.9 Å². The van der Waals surface area contributed by atoms with Crippen LogP contribution in [0.1, 0.15) is 13.3 Å². The molecule has 0 saturated carbocycles. The number of ether oxygens (including phenoxy) is 1. The summed E-state index contributed by atoms with van der Waals surface area (Å²) in [5, 5.41) is 9.27. The fourth-order valence-electron chi connectivity index (χ4n) is 3.03. The van der Waals surface area contributed by atoms with Crippen molar-refractivity contribution in [3.05, 3.63) is 54.6 Å². The van der Waals surface area contributed by atoms with Crippen molar-refractivity contribution in [1.29, 1.82) is 0 Å². The summed E-state index contributed by atoms with van der Waals surface area (Å²) in [6.45, 7) is 2.25. The third-order valence-corrected chi connectivity index (χ3v) is 4.67. The van der Waals surface area contributed by atoms with E-state index in [0.29, 0.717) is 18.7 Å². The van der Waals surface area contributed by atoms with Crippen LogP contribution in [-0.4, -0.2) is 41.6 Å². The van der Waals surface area contributed by atoms with Crippen LogP contribution in [0.2, 0.25) is 0 Å². The minimum absolute atomic E-state index is 0.0977. The largest absolute Gasteiger partial charge is 0.483 e. The Kier molecular flexibility index (Phi) is 4.74. The van der Waals surface area contributed by atoms with E-state index in [2.05, 4.69) is 0 Å². The molecule has 3 rings (SSSR count). The lowest BCUT2D eigenvalue weighted by Crippen LogP contribution is -2.37. The number of rotatable bonds is 5. The molecule has 5 nitrogen and oxygen atoms in total. The van der Waals surface area contributed by atoms with Gasteiger partial charge in [-0.1, -0.05) is 48.5 Å². The Morgan fingerprint density at radius 1 is 1.12 bits per heavy atom. The van der Waals surface area contributed by atoms with E-state index in [4.69, 9.17) is 4.74 Å². The van der Waals surface area contributed by atoms with E-state index in [1.165, 1.54) is 0 Å². The first-order valence-electron chi connectivity index (χ1n) is 8.28. The van der Waals surface area contributed by atoms with Crippen molar-refractivity contribution in [2.75, 3.05) is 19.7 Å². The van der Waals surface area contributed by atoms with Gasteiger partial charge in [0.1, 0.15) is 5.75 Å². The van der Waals surface area contributed by atoms with E-state index in [1.54, 1.807) is 11.8 Å². The maximum absolute atomic E-state index is 12.4. The van der Waals surface area contributed by atoms with Gasteiger partial charge in [-0.25, -0.2) is 0 Å². The number of hydrogen-bond acceptors (Lipinski definition) is 3. The second kappa shape index (κ2) is 6.97. The summed E-state index contributed by atoms with van der Waals surface area (Å²) >= 11 is 0. The average molecular weight is 339 g/mol. The van der Waals surface area contributed by atoms with Crippen molar-refractivity contribution in [1.82, 2.24) is 4.90 Å². The Morgan fingerprint density at radius 2 is 1.80 bits per heavy atom. The van der Waals surface area contributed by atoms with Gasteiger partial charge < -0.3 is 14.7 Å². The molecule has 1 amide bonds. The zero-order valence-electron chi connectivity index (χ0n) is 14.1. The summed E-state index contributed by atoms with van der Waals surface area (Å²) in [7, 11) is 0. The molecule has 1 aliphatic rings. The Morgan fingerprint density at radius 3 is 2.48 bits per heavy atom. The summed E-state index contributed by atoms with van der Waals surface area (Å²) in [6.07, 6.45) is 0.467. The van der Waals surface area contributed by atoms with Crippen LogP contribution in [0.5, 0.6) is 5.75 Å². The van der Waals surface area contributed by atoms with Gasteiger partial charge in [0, 0.05) is 18.7 Å². The van der Waals surface area contributed by atoms with Gasteiger partial charge in [0.2, 0.25) is 0 Å². The molecular weight excluding hydrogens is 318 g/mol. The Bertz CT molecular complexity index is 774. The number of carbonyl (C=O) groups excluding carboxylic acids is 1. The number of aliphatic carboxylic acids is 1. The minimum atomic E-state index is -0.863. The number of amides is 1. The standard InChI is InChI=1S/C20H21NO4/c1-20(19(23)24)11-12-21(14-20)18(22)13-25-17-10-6-5-9-16(17)15-7-3-2-4-8-15/h2-10H,11-14H2,1H3,(H,23,24). The molecule has 1 unspecified atom stereocenters. The van der Waals surface area contributed by atoms with Gasteiger partial charge >= 0.3 is 5.97 Å². The summed E-state index contributed by atoms with van der Waals surface area (Å²) in [6, 6.07) is 17.4. The molecule has 2 aromatic carbocycles. The number of carboxylic acids is 1. The third-order valence-electron chi connectivity index (χ3n) is 4.67. The van der Waals surface area contributed by atoms with Crippen LogP contribution >= 0.6 is 0 Å². The predicted molar refractivity (Wildman–Crippen MR) is 94.3 cm³/mol. The molecule has 1 aliphatic heterocycles. The number of hydrogen-bond donors (Lipinski definition) is 1. The number of benzene rings is 2. The van der Waals surface area contributed by atoms with Crippen LogP contribution in [0, 0.1) is 5.41 Å². The maximum atomic E-state index is 12.4. The highest BCUT2D eigenvalue weighted by Gasteiger charge is 2.42. The minimum Gasteiger partial charge on any atom is -0.483 e. The van der Waals surface area contributed by atoms with Crippen LogP contribution in [-0.2, 0) is 9.59 Å². The summed E-state index contributed by atoms with van der Waals surface area (Å²) < 4.78 is 5.76. The van der Waals surface area contributed by atoms with Crippen molar-refractivity contribution < 1.29 is 19.4 Å². The first kappa shape index (κ1) is 17.0. The Balaban J connectivity index is 1.67. The molecule has 0 aliphatic carbocycles. The molecule has 0 bridgehead atoms. The number of likely N-dealkylation sites (tertiary alicyclic amines) is 1. The summed E-state index contributed by atoms with van der Waals surface area (Å²) in [5.74, 6) is -0.409. The third kappa shape index (κ3) is 3.65. The van der Waals surface area contributed by atoms with Gasteiger partial charge in [0.15, 0.2) is 6.61 Å². The van der Waals surface area contributed by atoms with Crippen molar-refractivity contribution in [2.45, 2.75) is 13.3 Å². The van der Waals surface area contributed by atoms with Crippen LogP contribution in [0.4, 0.5) is 0 Å². The molecule has 25 heavy (non-hydrogen) atoms. The van der Waals surface area contributed by atoms with Gasteiger partial charge in [-0.05, 0) is 25.0 Å². The SMILES string of the molecule is CC1(C(=O)O)CCN(C(=O)COc2ccccc2-c2ccccc2)C1. The molecule has 0 aromatic heterocycles. The van der Waals surface area contributed by atoms with Crippen LogP contribution in [0.15, 0.2) is 54.6 Å². The van der Waals surface area contributed by atoms with E-state index in [0.717, 1.165) is 11.1 Å². The average Bonchev–Trinajstić information content (AvgIpc) is 3.05. The van der Waals surface area contributed by atoms with Gasteiger partial charge in [-0.2, -0.15) is 0 Å². The molecule has 0 spiro atoms. The lowest BCUT2D eigenvalue weighted by Gasteiger charge is -2.20. The van der Waals surface area contributed by atoms with Gasteiger partial charge in [0.05, 0.1) is 5.41 Å². The normalized spacial score (nSPS) is 19.6. The van der Waals surface area contributed by atoms with E-state index in [1.807, 2.05) is 54.6 Å². The molecule has 1 atom stereocenters. The van der Waals surface area contributed by atoms with Crippen LogP contribution in [0.25, 0.3) is 11.1 Å². The van der Waals surface area contributed by atoms with E-state index in [9.17, 15) is 14.7 Å². The molecule has 1 saturated heterocycles. The lowest BCUT2D eigenvalue weighted by molar-refractivity contribution is -0.147. The Hall–Kier alpha value is -2.82. The van der Waals surface area contributed by atoms with Crippen LogP contribution in [0.3, 0.4) is 0 Å². The zero-order chi connectivity index (χ0) is 17.9. The lowest BCUT2D eigenvalue weighted by atomic mass is 9.90. The molecule has 1 N–H and O–H groups in total. The zero-order valence-corrected chi connectivity index (χ0v) is 14.1. The highest BCUT2D eigenvalue weighted by molar-refractivity contribution is 5.81. The number of para-hydroxylation sites is 1. The van der Waals surface area contributed by atoms with Crippen molar-refractivity contribution >= 4 is 11.9 Å². The topological polar surface area (TPSA) is 66.8 Å². The number of carboxylic acid groups (broad SMARTS) is 1. The van der Waals surface area contributed by atoms with Gasteiger partial charge in [-0.3, -0.25) is 9.59 Å². The van der Waals surface area contributed by atoms with Gasteiger partial charge in [-0.15, -0.1) is 0 Å². The first-order valence-corrected chi connectivity index (χ1v) is 8.28. The number of nitrogens with zero attached hydrogens (tertiary/aromatic N) is 1. The van der Waals surface area contributed by atoms with Crippen molar-refractivity contribution in [2.24, 2.45) is 5.41 Å². The summed E-state index contributed by atoms with van der Waals surface area (Å²) in [4.78, 5) is 25.3. The van der Waals surface area contributed by atoms with Gasteiger partial charge in [0.25, 0.3) is 5.91 Å². The smallest absolute Gasteiger partial charge is 0.311 e. The number of carbonyl (C=O) groups is 2. The second-order valence-corrected chi connectivity index (χ2v) is 6.58. The molecule has 1 heterocycles. The summed E-state index contributed by atoms with van der Waals surface area (Å²) in [5.41, 5.74) is 1.08. The van der Waals surface area contributed by atoms with E-state index in [-0.39, 0.29) is 19.1 Å². The fourth-order valence-corrected chi connectivity index (χ4v) is 3.03. The molecule has 1 fully saturated rings. The molecule has 2 aromatic rings. The van der Waals surface area contributed by atoms with Crippen LogP contribution < -0.4 is 4.74 Å². The highest BCUT2D eigenvalue weighted by Crippen LogP contribution is 2.31.